The average molecular weight is 185 g/mol. The highest BCUT2D eigenvalue weighted by Crippen LogP contribution is 2.26. The van der Waals surface area contributed by atoms with Gasteiger partial charge in [0.05, 0.1) is 12.2 Å². The lowest BCUT2D eigenvalue weighted by Gasteiger charge is -2.28. The maximum atomic E-state index is 5.89. The molecule has 0 radical (unpaired) electrons. The van der Waals surface area contributed by atoms with Crippen molar-refractivity contribution in [2.75, 3.05) is 13.2 Å². The van der Waals surface area contributed by atoms with Gasteiger partial charge in [-0.25, -0.2) is 0 Å². The minimum Gasteiger partial charge on any atom is -0.374 e. The maximum absolute atomic E-state index is 5.89. The van der Waals surface area contributed by atoms with Crippen molar-refractivity contribution in [1.29, 1.82) is 0 Å². The summed E-state index contributed by atoms with van der Waals surface area (Å²) in [6.07, 6.45) is 6.49. The quantitative estimate of drug-likeness (QED) is 0.713. The highest BCUT2D eigenvalue weighted by molar-refractivity contribution is 4.76. The molecule has 1 atom stereocenters. The van der Waals surface area contributed by atoms with Crippen LogP contribution in [0, 0.1) is 5.92 Å². The highest BCUT2D eigenvalue weighted by atomic mass is 16.5. The molecule has 2 heteroatoms. The van der Waals surface area contributed by atoms with E-state index in [0.29, 0.717) is 6.54 Å². The van der Waals surface area contributed by atoms with E-state index in [0.717, 1.165) is 18.9 Å². The SMILES string of the molecule is CCC(C)(CN)OCC1CCCC1. The fraction of sp³-hybridized carbons (Fsp3) is 1.00. The first-order valence-electron chi connectivity index (χ1n) is 5.54. The van der Waals surface area contributed by atoms with Crippen molar-refractivity contribution in [3.05, 3.63) is 0 Å². The normalized spacial score (nSPS) is 23.3. The predicted molar refractivity (Wildman–Crippen MR) is 55.7 cm³/mol. The van der Waals surface area contributed by atoms with E-state index < -0.39 is 0 Å². The van der Waals surface area contributed by atoms with E-state index in [2.05, 4.69) is 13.8 Å². The molecule has 2 N–H and O–H groups in total. The van der Waals surface area contributed by atoms with E-state index in [1.54, 1.807) is 0 Å². The molecule has 2 nitrogen and oxygen atoms in total. The van der Waals surface area contributed by atoms with Crippen molar-refractivity contribution in [2.45, 2.75) is 51.6 Å². The van der Waals surface area contributed by atoms with Crippen molar-refractivity contribution >= 4 is 0 Å². The lowest BCUT2D eigenvalue weighted by molar-refractivity contribution is -0.0433. The first kappa shape index (κ1) is 11.0. The van der Waals surface area contributed by atoms with Crippen LogP contribution in [0.15, 0.2) is 0 Å². The standard InChI is InChI=1S/C11H23NO/c1-3-11(2,9-12)13-8-10-6-4-5-7-10/h10H,3-9,12H2,1-2H3. The Morgan fingerprint density at radius 3 is 2.46 bits per heavy atom. The summed E-state index contributed by atoms with van der Waals surface area (Å²) in [4.78, 5) is 0. The molecule has 1 rings (SSSR count). The molecule has 1 fully saturated rings. The zero-order valence-electron chi connectivity index (χ0n) is 9.01. The zero-order chi connectivity index (χ0) is 9.73. The summed E-state index contributed by atoms with van der Waals surface area (Å²) in [6.45, 7) is 5.81. The van der Waals surface area contributed by atoms with Gasteiger partial charge in [0, 0.05) is 6.54 Å². The Kier molecular flexibility index (Phi) is 4.20. The number of rotatable bonds is 5. The van der Waals surface area contributed by atoms with Crippen molar-refractivity contribution in [3.8, 4) is 0 Å². The Hall–Kier alpha value is -0.0800. The molecule has 0 aromatic carbocycles. The lowest BCUT2D eigenvalue weighted by atomic mass is 10.0. The van der Waals surface area contributed by atoms with E-state index in [1.807, 2.05) is 0 Å². The largest absolute Gasteiger partial charge is 0.374 e. The molecule has 0 aromatic rings. The zero-order valence-corrected chi connectivity index (χ0v) is 9.01. The van der Waals surface area contributed by atoms with Crippen LogP contribution in [0.25, 0.3) is 0 Å². The van der Waals surface area contributed by atoms with Gasteiger partial charge in [0.25, 0.3) is 0 Å². The predicted octanol–water partition coefficient (Wildman–Crippen LogP) is 2.32. The summed E-state index contributed by atoms with van der Waals surface area (Å²) in [5.41, 5.74) is 5.60. The van der Waals surface area contributed by atoms with Gasteiger partial charge in [0.2, 0.25) is 0 Å². The van der Waals surface area contributed by atoms with Crippen LogP contribution in [-0.4, -0.2) is 18.8 Å². The molecule has 0 aliphatic heterocycles. The first-order chi connectivity index (χ1) is 6.20. The Balaban J connectivity index is 2.22. The van der Waals surface area contributed by atoms with E-state index >= 15 is 0 Å². The van der Waals surface area contributed by atoms with Gasteiger partial charge in [0.1, 0.15) is 0 Å². The maximum Gasteiger partial charge on any atom is 0.0773 e. The fourth-order valence-electron chi connectivity index (χ4n) is 1.80. The molecule has 0 bridgehead atoms. The average Bonchev–Trinajstić information content (AvgIpc) is 2.67. The Morgan fingerprint density at radius 2 is 2.00 bits per heavy atom. The number of hydrogen-bond donors (Lipinski definition) is 1. The van der Waals surface area contributed by atoms with Crippen LogP contribution in [0.5, 0.6) is 0 Å². The summed E-state index contributed by atoms with van der Waals surface area (Å²) in [6, 6.07) is 0. The third-order valence-corrected chi connectivity index (χ3v) is 3.32. The summed E-state index contributed by atoms with van der Waals surface area (Å²) >= 11 is 0. The van der Waals surface area contributed by atoms with Crippen LogP contribution in [0.3, 0.4) is 0 Å². The highest BCUT2D eigenvalue weighted by Gasteiger charge is 2.23. The van der Waals surface area contributed by atoms with E-state index in [-0.39, 0.29) is 5.60 Å². The first-order valence-corrected chi connectivity index (χ1v) is 5.54. The van der Waals surface area contributed by atoms with Crippen LogP contribution in [0.1, 0.15) is 46.0 Å². The number of hydrogen-bond acceptors (Lipinski definition) is 2. The molecule has 1 aliphatic carbocycles. The molecule has 1 saturated carbocycles. The van der Waals surface area contributed by atoms with Crippen LogP contribution in [-0.2, 0) is 4.74 Å². The minimum absolute atomic E-state index is 0.0808. The Bertz CT molecular complexity index is 137. The second-order valence-corrected chi connectivity index (χ2v) is 4.47. The Morgan fingerprint density at radius 1 is 1.38 bits per heavy atom. The summed E-state index contributed by atoms with van der Waals surface area (Å²) in [7, 11) is 0. The van der Waals surface area contributed by atoms with Crippen molar-refractivity contribution in [2.24, 2.45) is 11.7 Å². The topological polar surface area (TPSA) is 35.2 Å². The van der Waals surface area contributed by atoms with Crippen LogP contribution in [0.2, 0.25) is 0 Å². The molecule has 13 heavy (non-hydrogen) atoms. The third kappa shape index (κ3) is 3.28. The van der Waals surface area contributed by atoms with E-state index in [4.69, 9.17) is 10.5 Å². The third-order valence-electron chi connectivity index (χ3n) is 3.32. The smallest absolute Gasteiger partial charge is 0.0773 e. The van der Waals surface area contributed by atoms with E-state index in [1.165, 1.54) is 25.7 Å². The minimum atomic E-state index is -0.0808. The monoisotopic (exact) mass is 185 g/mol. The van der Waals surface area contributed by atoms with Gasteiger partial charge in [-0.05, 0) is 32.1 Å². The molecule has 0 heterocycles. The second-order valence-electron chi connectivity index (χ2n) is 4.47. The summed E-state index contributed by atoms with van der Waals surface area (Å²) in [5.74, 6) is 0.803. The molecule has 0 aromatic heterocycles. The van der Waals surface area contributed by atoms with Gasteiger partial charge in [-0.15, -0.1) is 0 Å². The van der Waals surface area contributed by atoms with Crippen LogP contribution < -0.4 is 5.73 Å². The van der Waals surface area contributed by atoms with Gasteiger partial charge < -0.3 is 10.5 Å². The second kappa shape index (κ2) is 4.97. The Labute approximate surface area is 81.8 Å². The molecular weight excluding hydrogens is 162 g/mol. The molecule has 78 valence electrons. The van der Waals surface area contributed by atoms with Crippen LogP contribution >= 0.6 is 0 Å². The molecule has 0 saturated heterocycles. The van der Waals surface area contributed by atoms with Gasteiger partial charge in [-0.3, -0.25) is 0 Å². The van der Waals surface area contributed by atoms with Gasteiger partial charge in [0.15, 0.2) is 0 Å². The summed E-state index contributed by atoms with van der Waals surface area (Å²) < 4.78 is 5.89. The van der Waals surface area contributed by atoms with Crippen molar-refractivity contribution in [1.82, 2.24) is 0 Å². The van der Waals surface area contributed by atoms with E-state index in [9.17, 15) is 0 Å². The number of ether oxygens (including phenoxy) is 1. The summed E-state index contributed by atoms with van der Waals surface area (Å²) in [5, 5.41) is 0. The molecule has 0 amide bonds. The molecule has 1 unspecified atom stereocenters. The van der Waals surface area contributed by atoms with Crippen molar-refractivity contribution < 1.29 is 4.74 Å². The van der Waals surface area contributed by atoms with Gasteiger partial charge >= 0.3 is 0 Å². The van der Waals surface area contributed by atoms with Crippen molar-refractivity contribution in [3.63, 3.8) is 0 Å². The molecular formula is C11H23NO. The lowest BCUT2D eigenvalue weighted by Crippen LogP contribution is -2.38. The molecule has 1 aliphatic rings. The van der Waals surface area contributed by atoms with Crippen LogP contribution in [0.4, 0.5) is 0 Å². The molecule has 0 spiro atoms. The number of nitrogens with two attached hydrogens (primary N) is 1. The van der Waals surface area contributed by atoms with Gasteiger partial charge in [-0.1, -0.05) is 19.8 Å². The fourth-order valence-corrected chi connectivity index (χ4v) is 1.80. The van der Waals surface area contributed by atoms with Gasteiger partial charge in [-0.2, -0.15) is 0 Å².